The summed E-state index contributed by atoms with van der Waals surface area (Å²) in [7, 11) is 0. The molecule has 1 aliphatic carbocycles. The van der Waals surface area contributed by atoms with E-state index in [1.165, 1.54) is 0 Å². The molecule has 1 aromatic rings. The molecule has 0 N–H and O–H groups in total. The van der Waals surface area contributed by atoms with Crippen molar-refractivity contribution in [1.82, 2.24) is 9.88 Å². The summed E-state index contributed by atoms with van der Waals surface area (Å²) in [4.78, 5) is 21.2. The van der Waals surface area contributed by atoms with Crippen molar-refractivity contribution in [3.63, 3.8) is 0 Å². The van der Waals surface area contributed by atoms with Crippen LogP contribution in [-0.4, -0.2) is 41.5 Å². The predicted molar refractivity (Wildman–Crippen MR) is 84.7 cm³/mol. The van der Waals surface area contributed by atoms with Gasteiger partial charge in [0.05, 0.1) is 5.02 Å². The Bertz CT molecular complexity index is 571. The Morgan fingerprint density at radius 2 is 2.14 bits per heavy atom. The lowest BCUT2D eigenvalue weighted by Gasteiger charge is -2.41. The smallest absolute Gasteiger partial charge is 0.228 e. The van der Waals surface area contributed by atoms with Crippen molar-refractivity contribution in [3.05, 3.63) is 22.8 Å². The molecule has 0 aromatic carbocycles. The lowest BCUT2D eigenvalue weighted by atomic mass is 10.1. The first kappa shape index (κ1) is 14.6. The number of aromatic nitrogens is 1. The summed E-state index contributed by atoms with van der Waals surface area (Å²) in [6, 6.07) is 2.30. The number of anilines is 1. The van der Waals surface area contributed by atoms with Gasteiger partial charge in [0.2, 0.25) is 5.91 Å². The molecule has 1 amide bonds. The van der Waals surface area contributed by atoms with Crippen LogP contribution in [0.15, 0.2) is 12.3 Å². The normalized spacial score (nSPS) is 24.1. The highest BCUT2D eigenvalue weighted by atomic mass is 35.5. The maximum atomic E-state index is 12.4. The van der Waals surface area contributed by atoms with Crippen LogP contribution < -0.4 is 4.90 Å². The Hall–Kier alpha value is -1.29. The van der Waals surface area contributed by atoms with Crippen molar-refractivity contribution in [2.45, 2.75) is 39.7 Å². The SMILES string of the molecule is Cc1cc(N2CCN(C(=O)C3(C)CC3)C[C@@H]2C)ncc1Cl. The second kappa shape index (κ2) is 5.16. The van der Waals surface area contributed by atoms with Gasteiger partial charge in [0.1, 0.15) is 5.82 Å². The zero-order valence-electron chi connectivity index (χ0n) is 12.9. The summed E-state index contributed by atoms with van der Waals surface area (Å²) < 4.78 is 0. The minimum absolute atomic E-state index is 0.0724. The standard InChI is InChI=1S/C16H22ClN3O/c1-11-8-14(18-9-13(11)17)20-7-6-19(10-12(20)2)15(21)16(3)4-5-16/h8-9,12H,4-7,10H2,1-3H3/t12-/m0/s1. The molecule has 21 heavy (non-hydrogen) atoms. The highest BCUT2D eigenvalue weighted by Crippen LogP contribution is 2.46. The first-order valence-corrected chi connectivity index (χ1v) is 7.97. The molecule has 1 saturated heterocycles. The summed E-state index contributed by atoms with van der Waals surface area (Å²) in [6.07, 6.45) is 3.79. The van der Waals surface area contributed by atoms with Gasteiger partial charge in [0.15, 0.2) is 0 Å². The van der Waals surface area contributed by atoms with Crippen molar-refractivity contribution in [2.24, 2.45) is 5.41 Å². The number of carbonyl (C=O) groups is 1. The van der Waals surface area contributed by atoms with Gasteiger partial charge in [-0.2, -0.15) is 0 Å². The van der Waals surface area contributed by atoms with Gasteiger partial charge in [0.25, 0.3) is 0 Å². The van der Waals surface area contributed by atoms with Crippen molar-refractivity contribution in [2.75, 3.05) is 24.5 Å². The number of pyridine rings is 1. The summed E-state index contributed by atoms with van der Waals surface area (Å²) in [5.74, 6) is 1.28. The molecular formula is C16H22ClN3O. The molecule has 1 aliphatic heterocycles. The average Bonchev–Trinajstić information content (AvgIpc) is 3.20. The van der Waals surface area contributed by atoms with Crippen LogP contribution >= 0.6 is 11.6 Å². The number of aryl methyl sites for hydroxylation is 1. The van der Waals surface area contributed by atoms with Crippen LogP contribution in [0, 0.1) is 12.3 Å². The molecule has 0 spiro atoms. The summed E-state index contributed by atoms with van der Waals surface area (Å²) in [6.45, 7) is 8.61. The Balaban J connectivity index is 1.71. The molecule has 2 fully saturated rings. The van der Waals surface area contributed by atoms with E-state index in [1.807, 2.05) is 17.9 Å². The molecule has 5 heteroatoms. The summed E-state index contributed by atoms with van der Waals surface area (Å²) in [5, 5.41) is 0.696. The van der Waals surface area contributed by atoms with Crippen molar-refractivity contribution >= 4 is 23.3 Å². The molecule has 1 aromatic heterocycles. The van der Waals surface area contributed by atoms with Crippen molar-refractivity contribution in [1.29, 1.82) is 0 Å². The van der Waals surface area contributed by atoms with Crippen LogP contribution in [0.5, 0.6) is 0 Å². The van der Waals surface area contributed by atoms with Crippen LogP contribution in [0.25, 0.3) is 0 Å². The molecule has 3 rings (SSSR count). The van der Waals surface area contributed by atoms with E-state index in [1.54, 1.807) is 6.20 Å². The molecule has 4 nitrogen and oxygen atoms in total. The van der Waals surface area contributed by atoms with Crippen LogP contribution in [0.2, 0.25) is 5.02 Å². The third-order valence-electron chi connectivity index (χ3n) is 4.76. The molecular weight excluding hydrogens is 286 g/mol. The molecule has 114 valence electrons. The number of carbonyl (C=O) groups excluding carboxylic acids is 1. The number of piperazine rings is 1. The van der Waals surface area contributed by atoms with E-state index in [0.717, 1.165) is 43.9 Å². The highest BCUT2D eigenvalue weighted by molar-refractivity contribution is 6.31. The molecule has 0 bridgehead atoms. The maximum absolute atomic E-state index is 12.4. The largest absolute Gasteiger partial charge is 0.350 e. The van der Waals surface area contributed by atoms with E-state index in [0.29, 0.717) is 10.9 Å². The van der Waals surface area contributed by atoms with Gasteiger partial charge in [-0.05, 0) is 38.3 Å². The molecule has 0 radical (unpaired) electrons. The number of hydrogen-bond donors (Lipinski definition) is 0. The fraction of sp³-hybridized carbons (Fsp3) is 0.625. The number of halogens is 1. The highest BCUT2D eigenvalue weighted by Gasteiger charge is 2.47. The number of nitrogens with zero attached hydrogens (tertiary/aromatic N) is 3. The zero-order valence-corrected chi connectivity index (χ0v) is 13.7. The summed E-state index contributed by atoms with van der Waals surface area (Å²) in [5.41, 5.74) is 0.967. The van der Waals surface area contributed by atoms with Crippen LogP contribution in [0.4, 0.5) is 5.82 Å². The van der Waals surface area contributed by atoms with Crippen LogP contribution in [0.3, 0.4) is 0 Å². The van der Waals surface area contributed by atoms with Crippen molar-refractivity contribution in [3.8, 4) is 0 Å². The Morgan fingerprint density at radius 1 is 1.43 bits per heavy atom. The monoisotopic (exact) mass is 307 g/mol. The number of hydrogen-bond acceptors (Lipinski definition) is 3. The number of amides is 1. The van der Waals surface area contributed by atoms with E-state index in [9.17, 15) is 4.79 Å². The minimum atomic E-state index is -0.0724. The van der Waals surface area contributed by atoms with E-state index in [-0.39, 0.29) is 11.5 Å². The van der Waals surface area contributed by atoms with E-state index in [2.05, 4.69) is 23.7 Å². The Kier molecular flexibility index (Phi) is 3.60. The van der Waals surface area contributed by atoms with Crippen LogP contribution in [-0.2, 0) is 4.79 Å². The first-order valence-electron chi connectivity index (χ1n) is 7.59. The maximum Gasteiger partial charge on any atom is 0.228 e. The van der Waals surface area contributed by atoms with Gasteiger partial charge < -0.3 is 9.80 Å². The lowest BCUT2D eigenvalue weighted by Crippen LogP contribution is -2.55. The second-order valence-corrected chi connectivity index (χ2v) is 7.05. The zero-order chi connectivity index (χ0) is 15.2. The van der Waals surface area contributed by atoms with Gasteiger partial charge in [-0.15, -0.1) is 0 Å². The third kappa shape index (κ3) is 2.73. The van der Waals surface area contributed by atoms with Gasteiger partial charge in [0, 0.05) is 37.3 Å². The molecule has 1 saturated carbocycles. The minimum Gasteiger partial charge on any atom is -0.350 e. The fourth-order valence-electron chi connectivity index (χ4n) is 2.95. The molecule has 1 atom stereocenters. The van der Waals surface area contributed by atoms with Gasteiger partial charge >= 0.3 is 0 Å². The third-order valence-corrected chi connectivity index (χ3v) is 5.15. The fourth-order valence-corrected chi connectivity index (χ4v) is 3.05. The van der Waals surface area contributed by atoms with Gasteiger partial charge in [-0.3, -0.25) is 4.79 Å². The van der Waals surface area contributed by atoms with Crippen LogP contribution in [0.1, 0.15) is 32.3 Å². The predicted octanol–water partition coefficient (Wildman–Crippen LogP) is 2.88. The molecule has 2 aliphatic rings. The Morgan fingerprint density at radius 3 is 2.71 bits per heavy atom. The second-order valence-electron chi connectivity index (χ2n) is 6.65. The first-order chi connectivity index (χ1) is 9.90. The van der Waals surface area contributed by atoms with Crippen molar-refractivity contribution < 1.29 is 4.79 Å². The van der Waals surface area contributed by atoms with Gasteiger partial charge in [-0.1, -0.05) is 18.5 Å². The van der Waals surface area contributed by atoms with E-state index < -0.39 is 0 Å². The quantitative estimate of drug-likeness (QED) is 0.843. The molecule has 2 heterocycles. The summed E-state index contributed by atoms with van der Waals surface area (Å²) >= 11 is 6.04. The van der Waals surface area contributed by atoms with Gasteiger partial charge in [-0.25, -0.2) is 4.98 Å². The Labute approximate surface area is 131 Å². The van der Waals surface area contributed by atoms with E-state index >= 15 is 0 Å². The topological polar surface area (TPSA) is 36.4 Å². The average molecular weight is 308 g/mol. The molecule has 0 unspecified atom stereocenters. The lowest BCUT2D eigenvalue weighted by molar-refractivity contribution is -0.137. The van der Waals surface area contributed by atoms with E-state index in [4.69, 9.17) is 11.6 Å². The number of rotatable bonds is 2.